The van der Waals surface area contributed by atoms with Crippen molar-refractivity contribution in [1.82, 2.24) is 0 Å². The molecule has 0 radical (unpaired) electrons. The maximum absolute atomic E-state index is 11.5. The van der Waals surface area contributed by atoms with Gasteiger partial charge in [0.2, 0.25) is 0 Å². The third kappa shape index (κ3) is 5.18. The summed E-state index contributed by atoms with van der Waals surface area (Å²) < 4.78 is 0. The van der Waals surface area contributed by atoms with Crippen LogP contribution < -0.4 is 10.6 Å². The van der Waals surface area contributed by atoms with E-state index < -0.39 is 7.92 Å². The van der Waals surface area contributed by atoms with Crippen LogP contribution in [0.15, 0.2) is 54.6 Å². The van der Waals surface area contributed by atoms with E-state index in [1.165, 1.54) is 5.56 Å². The van der Waals surface area contributed by atoms with Crippen molar-refractivity contribution in [2.45, 2.75) is 72.4 Å². The molecule has 0 unspecified atom stereocenters. The largest absolute Gasteiger partial charge is 0.507 e. The Morgan fingerprint density at radius 2 is 1.06 bits per heavy atom. The van der Waals surface area contributed by atoms with Gasteiger partial charge in [0.05, 0.1) is 0 Å². The van der Waals surface area contributed by atoms with Crippen LogP contribution >= 0.6 is 7.92 Å². The van der Waals surface area contributed by atoms with E-state index in [2.05, 4.69) is 104 Å². The molecular formula is C29H37O2P. The maximum Gasteiger partial charge on any atom is 0.127 e. The number of aromatic hydroxyl groups is 2. The lowest BCUT2D eigenvalue weighted by Gasteiger charge is -2.29. The molecule has 3 heteroatoms. The minimum atomic E-state index is -1.03. The first-order valence-corrected chi connectivity index (χ1v) is 12.8. The molecule has 0 saturated heterocycles. The van der Waals surface area contributed by atoms with Gasteiger partial charge in [-0.3, -0.25) is 0 Å². The molecule has 0 heterocycles. The summed E-state index contributed by atoms with van der Waals surface area (Å²) in [4.78, 5) is 0. The first-order valence-electron chi connectivity index (χ1n) is 11.3. The average molecular weight is 449 g/mol. The normalized spacial score (nSPS) is 12.4. The van der Waals surface area contributed by atoms with E-state index in [9.17, 15) is 10.2 Å². The van der Waals surface area contributed by atoms with Gasteiger partial charge < -0.3 is 10.2 Å². The van der Waals surface area contributed by atoms with Gasteiger partial charge in [-0.2, -0.15) is 0 Å². The van der Waals surface area contributed by atoms with E-state index in [-0.39, 0.29) is 10.8 Å². The molecule has 0 aromatic heterocycles. The molecule has 0 bridgehead atoms. The van der Waals surface area contributed by atoms with Crippen molar-refractivity contribution in [2.24, 2.45) is 0 Å². The van der Waals surface area contributed by atoms with Crippen LogP contribution in [0.5, 0.6) is 11.5 Å². The van der Waals surface area contributed by atoms with Crippen molar-refractivity contribution in [3.8, 4) is 11.5 Å². The van der Waals surface area contributed by atoms with Crippen LogP contribution in [-0.2, 0) is 17.0 Å². The first-order chi connectivity index (χ1) is 14.8. The lowest BCUT2D eigenvalue weighted by Crippen LogP contribution is -2.22. The summed E-state index contributed by atoms with van der Waals surface area (Å²) in [5.41, 5.74) is 5.02. The maximum atomic E-state index is 11.5. The molecule has 170 valence electrons. The first kappa shape index (κ1) is 24.3. The molecule has 0 aliphatic rings. The molecule has 32 heavy (non-hydrogen) atoms. The van der Waals surface area contributed by atoms with E-state index in [1.807, 2.05) is 6.07 Å². The second-order valence-electron chi connectivity index (χ2n) is 10.9. The summed E-state index contributed by atoms with van der Waals surface area (Å²) in [5, 5.41) is 24.8. The van der Waals surface area contributed by atoms with Crippen molar-refractivity contribution in [2.75, 3.05) is 0 Å². The monoisotopic (exact) mass is 448 g/mol. The van der Waals surface area contributed by atoms with Crippen LogP contribution in [0.2, 0.25) is 0 Å². The van der Waals surface area contributed by atoms with Crippen LogP contribution in [0.25, 0.3) is 0 Å². The van der Waals surface area contributed by atoms with Gasteiger partial charge in [0.1, 0.15) is 11.5 Å². The molecular weight excluding hydrogens is 411 g/mol. The molecule has 0 aliphatic heterocycles. The molecule has 0 amide bonds. The van der Waals surface area contributed by atoms with E-state index >= 15 is 0 Å². The van der Waals surface area contributed by atoms with Crippen LogP contribution in [0.3, 0.4) is 0 Å². The van der Waals surface area contributed by atoms with E-state index in [0.717, 1.165) is 39.0 Å². The van der Waals surface area contributed by atoms with Crippen molar-refractivity contribution >= 4 is 18.5 Å². The molecule has 2 N–H and O–H groups in total. The fraction of sp³-hybridized carbons (Fsp3) is 0.379. The second-order valence-corrected chi connectivity index (χ2v) is 13.1. The minimum Gasteiger partial charge on any atom is -0.507 e. The zero-order valence-corrected chi connectivity index (χ0v) is 21.6. The van der Waals surface area contributed by atoms with Crippen LogP contribution in [-0.4, -0.2) is 10.2 Å². The summed E-state index contributed by atoms with van der Waals surface area (Å²) in [6.07, 6.45) is 0.761. The van der Waals surface area contributed by atoms with Crippen molar-refractivity contribution in [1.29, 1.82) is 0 Å². The Morgan fingerprint density at radius 3 is 1.44 bits per heavy atom. The van der Waals surface area contributed by atoms with Crippen LogP contribution in [0.1, 0.15) is 69.4 Å². The quantitative estimate of drug-likeness (QED) is 0.424. The van der Waals surface area contributed by atoms with Gasteiger partial charge in [-0.15, -0.1) is 0 Å². The van der Waals surface area contributed by atoms with Gasteiger partial charge in [-0.25, -0.2) is 0 Å². The van der Waals surface area contributed by atoms with Crippen LogP contribution in [0, 0.1) is 13.8 Å². The predicted molar refractivity (Wildman–Crippen MR) is 139 cm³/mol. The molecule has 0 fully saturated rings. The number of phenolic OH excluding ortho intramolecular Hbond substituents is 2. The second kappa shape index (κ2) is 8.91. The van der Waals surface area contributed by atoms with Gasteiger partial charge in [-0.05, 0) is 61.4 Å². The molecule has 2 nitrogen and oxygen atoms in total. The molecule has 0 saturated carbocycles. The van der Waals surface area contributed by atoms with Gasteiger partial charge in [0.25, 0.3) is 0 Å². The number of aryl methyl sites for hydroxylation is 2. The SMILES string of the molecule is Cc1cc(P(Cc2ccccc2)c2cc(C)cc(C(C)(C)C)c2O)c(O)c(C(C)(C)C)c1. The smallest absolute Gasteiger partial charge is 0.127 e. The van der Waals surface area contributed by atoms with Gasteiger partial charge in [0, 0.05) is 27.9 Å². The van der Waals surface area contributed by atoms with Gasteiger partial charge >= 0.3 is 0 Å². The Hall–Kier alpha value is -2.31. The Morgan fingerprint density at radius 1 is 0.656 bits per heavy atom. The average Bonchev–Trinajstić information content (AvgIpc) is 2.68. The van der Waals surface area contributed by atoms with Crippen molar-refractivity contribution in [3.05, 3.63) is 82.4 Å². The lowest BCUT2D eigenvalue weighted by atomic mass is 9.85. The number of rotatable bonds is 4. The van der Waals surface area contributed by atoms with E-state index in [4.69, 9.17) is 0 Å². The fourth-order valence-electron chi connectivity index (χ4n) is 4.14. The Labute approximate surface area is 195 Å². The third-order valence-corrected chi connectivity index (χ3v) is 8.38. The molecule has 3 rings (SSSR count). The highest BCUT2D eigenvalue weighted by atomic mass is 31.1. The zero-order valence-electron chi connectivity index (χ0n) is 20.7. The summed E-state index contributed by atoms with van der Waals surface area (Å²) in [6.45, 7) is 17.0. The molecule has 0 aliphatic carbocycles. The highest BCUT2D eigenvalue weighted by molar-refractivity contribution is 7.72. The lowest BCUT2D eigenvalue weighted by molar-refractivity contribution is 0.450. The third-order valence-electron chi connectivity index (χ3n) is 5.85. The topological polar surface area (TPSA) is 40.5 Å². The Bertz CT molecular complexity index is 1030. The van der Waals surface area contributed by atoms with Gasteiger partial charge in [0.15, 0.2) is 0 Å². The summed E-state index contributed by atoms with van der Waals surface area (Å²) in [7, 11) is -1.03. The summed E-state index contributed by atoms with van der Waals surface area (Å²) >= 11 is 0. The van der Waals surface area contributed by atoms with Crippen molar-refractivity contribution < 1.29 is 10.2 Å². The predicted octanol–water partition coefficient (Wildman–Crippen LogP) is 6.94. The number of hydrogen-bond donors (Lipinski definition) is 2. The Balaban J connectivity index is 2.31. The van der Waals surface area contributed by atoms with Crippen LogP contribution in [0.4, 0.5) is 0 Å². The van der Waals surface area contributed by atoms with E-state index in [1.54, 1.807) is 0 Å². The van der Waals surface area contributed by atoms with Gasteiger partial charge in [-0.1, -0.05) is 84.0 Å². The standard InChI is InChI=1S/C29H37O2P/c1-19-14-22(28(3,4)5)26(30)24(16-19)32(18-21-12-10-9-11-13-21)25-17-20(2)15-23(27(25)31)29(6,7)8/h9-17,30-31H,18H2,1-8H3. The van der Waals surface area contributed by atoms with Crippen molar-refractivity contribution in [3.63, 3.8) is 0 Å². The Kier molecular flexibility index (Phi) is 6.78. The fourth-order valence-corrected chi connectivity index (χ4v) is 6.79. The summed E-state index contributed by atoms with van der Waals surface area (Å²) in [6, 6.07) is 18.8. The highest BCUT2D eigenvalue weighted by Gasteiger charge is 2.29. The number of benzene rings is 3. The number of hydrogen-bond acceptors (Lipinski definition) is 2. The zero-order chi connectivity index (χ0) is 23.8. The van der Waals surface area contributed by atoms with E-state index in [0.29, 0.717) is 11.5 Å². The molecule has 3 aromatic carbocycles. The molecule has 0 atom stereocenters. The molecule has 3 aromatic rings. The summed E-state index contributed by atoms with van der Waals surface area (Å²) in [5.74, 6) is 0.728. The molecule has 0 spiro atoms. The number of phenols is 2. The highest BCUT2D eigenvalue weighted by Crippen LogP contribution is 2.47. The minimum absolute atomic E-state index is 0.177.